The molecule has 286 valence electrons. The molecule has 54 heavy (non-hydrogen) atoms. The van der Waals surface area contributed by atoms with E-state index in [1.54, 1.807) is 24.3 Å². The lowest BCUT2D eigenvalue weighted by Crippen LogP contribution is -2.34. The third kappa shape index (κ3) is 9.52. The molecule has 1 heterocycles. The second kappa shape index (κ2) is 15.7. The first-order chi connectivity index (χ1) is 25.3. The van der Waals surface area contributed by atoms with E-state index in [2.05, 4.69) is 40.0 Å². The number of methoxy groups -OCH3 is 1. The van der Waals surface area contributed by atoms with E-state index in [4.69, 9.17) is 20.9 Å². The Morgan fingerprint density at radius 2 is 1.70 bits per heavy atom. The quantitative estimate of drug-likeness (QED) is 0.0774. The SMILES string of the molecule is COc1cc(S(=O)(=O)CCOS(=O)(=O)O)c(C)cc1Nc1nc(Cl)nc(-c2cc(NN=C3C=CC(=NC(C)=O)C(S(=O)(=O)O)C3)c(O)c3ccccc23)n1. The van der Waals surface area contributed by atoms with Gasteiger partial charge in [0.15, 0.2) is 15.7 Å². The summed E-state index contributed by atoms with van der Waals surface area (Å²) in [6.45, 7) is 1.80. The molecule has 1 atom stereocenters. The summed E-state index contributed by atoms with van der Waals surface area (Å²) < 4.78 is 99.8. The van der Waals surface area contributed by atoms with Crippen molar-refractivity contribution in [3.8, 4) is 22.9 Å². The number of allylic oxidation sites excluding steroid dienone is 2. The third-order valence-corrected chi connectivity index (χ3v) is 11.2. The maximum Gasteiger partial charge on any atom is 0.397 e. The molecule has 23 heteroatoms. The molecular weight excluding hydrogens is 794 g/mol. The number of sulfone groups is 1. The number of hydrogen-bond acceptors (Lipinski definition) is 16. The number of rotatable bonds is 12. The normalized spacial score (nSPS) is 16.5. The molecule has 1 aliphatic carbocycles. The number of fused-ring (bicyclic) bond motifs is 1. The summed E-state index contributed by atoms with van der Waals surface area (Å²) in [7, 11) is -12.3. The topological polar surface area (TPSA) is 286 Å². The molecule has 0 spiro atoms. The van der Waals surface area contributed by atoms with Crippen molar-refractivity contribution < 1.29 is 53.2 Å². The number of hydrogen-bond donors (Lipinski definition) is 5. The minimum atomic E-state index is -4.85. The van der Waals surface area contributed by atoms with Crippen molar-refractivity contribution in [2.75, 3.05) is 30.2 Å². The van der Waals surface area contributed by atoms with E-state index in [1.807, 2.05) is 0 Å². The molecule has 1 amide bonds. The second-order valence-corrected chi connectivity index (χ2v) is 16.5. The summed E-state index contributed by atoms with van der Waals surface area (Å²) in [5.41, 5.74) is 3.50. The summed E-state index contributed by atoms with van der Waals surface area (Å²) in [6.07, 6.45) is 2.30. The Morgan fingerprint density at radius 1 is 1.00 bits per heavy atom. The predicted octanol–water partition coefficient (Wildman–Crippen LogP) is 3.68. The van der Waals surface area contributed by atoms with Gasteiger partial charge in [-0.15, -0.1) is 0 Å². The standard InChI is InChI=1S/C31H30ClN7O12S3/c1-16-12-23(25(50-3)15-26(16)52(42,43)11-10-51-54(47,48)49)34-31-36-29(35-30(32)37-31)21-14-24(28(41)20-7-5-4-6-19(20)21)39-38-18-8-9-22(33-17(2)40)27(13-18)53(44,45)46/h4-9,12,14-15,27,39,41H,10-11,13H2,1-3H3,(H,44,45,46)(H,47,48,49)(H,34,35,36,37). The van der Waals surface area contributed by atoms with Gasteiger partial charge in [-0.3, -0.25) is 19.3 Å². The van der Waals surface area contributed by atoms with Crippen molar-refractivity contribution in [2.45, 2.75) is 30.4 Å². The van der Waals surface area contributed by atoms with Crippen LogP contribution in [0.15, 0.2) is 69.6 Å². The fourth-order valence-corrected chi connectivity index (χ4v) is 8.06. The molecule has 0 saturated heterocycles. The molecule has 3 aromatic carbocycles. The molecule has 0 radical (unpaired) electrons. The summed E-state index contributed by atoms with van der Waals surface area (Å²) in [5.74, 6) is -1.71. The number of phenolic OH excluding ortho intramolecular Hbond substituents is 1. The molecular formula is C31H30ClN7O12S3. The average Bonchev–Trinajstić information content (AvgIpc) is 3.07. The van der Waals surface area contributed by atoms with Crippen LogP contribution in [0, 0.1) is 6.92 Å². The molecule has 1 unspecified atom stereocenters. The van der Waals surface area contributed by atoms with Crippen molar-refractivity contribution in [2.24, 2.45) is 10.1 Å². The first-order valence-electron chi connectivity index (χ1n) is 15.3. The van der Waals surface area contributed by atoms with Crippen molar-refractivity contribution in [3.05, 3.63) is 65.5 Å². The Labute approximate surface area is 313 Å². The number of anilines is 3. The number of aromatic nitrogens is 3. The van der Waals surface area contributed by atoms with Crippen LogP contribution in [-0.2, 0) is 39.3 Å². The Balaban J connectivity index is 1.50. The van der Waals surface area contributed by atoms with Gasteiger partial charge in [0.05, 0.1) is 47.2 Å². The molecule has 5 rings (SSSR count). The highest BCUT2D eigenvalue weighted by atomic mass is 35.5. The van der Waals surface area contributed by atoms with Gasteiger partial charge in [0, 0.05) is 30.4 Å². The number of aryl methyl sites for hydroxylation is 1. The number of halogens is 1. The lowest BCUT2D eigenvalue weighted by atomic mass is 10.0. The zero-order valence-corrected chi connectivity index (χ0v) is 31.5. The van der Waals surface area contributed by atoms with E-state index < -0.39 is 53.9 Å². The highest BCUT2D eigenvalue weighted by Gasteiger charge is 2.32. The van der Waals surface area contributed by atoms with Crippen LogP contribution >= 0.6 is 11.6 Å². The fourth-order valence-electron chi connectivity index (χ4n) is 5.32. The summed E-state index contributed by atoms with van der Waals surface area (Å²) in [4.78, 5) is 27.9. The van der Waals surface area contributed by atoms with Crippen molar-refractivity contribution in [1.82, 2.24) is 15.0 Å². The van der Waals surface area contributed by atoms with Gasteiger partial charge in [-0.25, -0.2) is 17.6 Å². The molecule has 1 aliphatic rings. The molecule has 5 N–H and O–H groups in total. The number of aliphatic imine (C=N–C) groups is 1. The van der Waals surface area contributed by atoms with Gasteiger partial charge in [0.2, 0.25) is 17.1 Å². The summed E-state index contributed by atoms with van der Waals surface area (Å²) in [5, 5.41) is 17.3. The monoisotopic (exact) mass is 823 g/mol. The minimum Gasteiger partial charge on any atom is -0.505 e. The zero-order valence-electron chi connectivity index (χ0n) is 28.2. The van der Waals surface area contributed by atoms with E-state index >= 15 is 0 Å². The Bertz CT molecular complexity index is 2600. The molecule has 19 nitrogen and oxygen atoms in total. The van der Waals surface area contributed by atoms with Crippen molar-refractivity contribution >= 4 is 87.4 Å². The highest BCUT2D eigenvalue weighted by molar-refractivity contribution is 7.91. The van der Waals surface area contributed by atoms with Gasteiger partial charge in [-0.2, -0.15) is 36.9 Å². The maximum atomic E-state index is 13.0. The first kappa shape index (κ1) is 40.1. The molecule has 1 aromatic heterocycles. The molecule has 0 saturated carbocycles. The maximum absolute atomic E-state index is 13.0. The summed E-state index contributed by atoms with van der Waals surface area (Å²) in [6, 6.07) is 10.8. The smallest absolute Gasteiger partial charge is 0.397 e. The number of phenols is 1. The third-order valence-electron chi connectivity index (χ3n) is 7.67. The van der Waals surface area contributed by atoms with Gasteiger partial charge in [-0.05, 0) is 53.8 Å². The second-order valence-electron chi connectivity index (χ2n) is 11.4. The van der Waals surface area contributed by atoms with E-state index in [9.17, 15) is 39.7 Å². The number of ether oxygens (including phenoxy) is 1. The number of nitrogens with zero attached hydrogens (tertiary/aromatic N) is 5. The summed E-state index contributed by atoms with van der Waals surface area (Å²) >= 11 is 6.34. The molecule has 0 aliphatic heterocycles. The van der Waals surface area contributed by atoms with Crippen LogP contribution < -0.4 is 15.5 Å². The van der Waals surface area contributed by atoms with Gasteiger partial charge >= 0.3 is 10.4 Å². The van der Waals surface area contributed by atoms with Crippen LogP contribution in [-0.4, -0.2) is 96.5 Å². The average molecular weight is 824 g/mol. The Hall–Kier alpha value is -5.10. The van der Waals surface area contributed by atoms with Crippen LogP contribution in [0.2, 0.25) is 5.28 Å². The van der Waals surface area contributed by atoms with E-state index in [1.165, 1.54) is 44.4 Å². The number of aromatic hydroxyl groups is 1. The Morgan fingerprint density at radius 3 is 2.35 bits per heavy atom. The number of nitrogens with one attached hydrogen (secondary N) is 2. The van der Waals surface area contributed by atoms with E-state index in [0.29, 0.717) is 16.3 Å². The molecule has 4 aromatic rings. The fraction of sp³-hybridized carbons (Fsp3) is 0.226. The van der Waals surface area contributed by atoms with Gasteiger partial charge in [0.1, 0.15) is 16.7 Å². The molecule has 0 fully saturated rings. The van der Waals surface area contributed by atoms with Crippen LogP contribution in [0.25, 0.3) is 22.2 Å². The minimum absolute atomic E-state index is 0.0206. The van der Waals surface area contributed by atoms with Crippen LogP contribution in [0.3, 0.4) is 0 Å². The predicted molar refractivity (Wildman–Crippen MR) is 198 cm³/mol. The Kier molecular flexibility index (Phi) is 11.7. The number of carbonyl (C=O) groups excluding carboxylic acids is 1. The number of hydrazone groups is 1. The van der Waals surface area contributed by atoms with Gasteiger partial charge in [-0.1, -0.05) is 24.3 Å². The highest BCUT2D eigenvalue weighted by Crippen LogP contribution is 2.40. The first-order valence-corrected chi connectivity index (χ1v) is 20.2. The number of carbonyl (C=O) groups is 1. The van der Waals surface area contributed by atoms with Crippen LogP contribution in [0.4, 0.5) is 17.3 Å². The lowest BCUT2D eigenvalue weighted by molar-refractivity contribution is -0.115. The van der Waals surface area contributed by atoms with Crippen LogP contribution in [0.5, 0.6) is 11.5 Å². The van der Waals surface area contributed by atoms with Gasteiger partial charge < -0.3 is 15.2 Å². The van der Waals surface area contributed by atoms with Crippen molar-refractivity contribution in [3.63, 3.8) is 0 Å². The van der Waals surface area contributed by atoms with E-state index in [-0.39, 0.29) is 68.2 Å². The van der Waals surface area contributed by atoms with E-state index in [0.717, 1.165) is 6.92 Å². The largest absolute Gasteiger partial charge is 0.505 e. The number of benzene rings is 3. The molecule has 0 bridgehead atoms. The van der Waals surface area contributed by atoms with Gasteiger partial charge in [0.25, 0.3) is 10.1 Å². The zero-order chi connectivity index (χ0) is 39.6. The van der Waals surface area contributed by atoms with Crippen molar-refractivity contribution in [1.29, 1.82) is 0 Å². The lowest BCUT2D eigenvalue weighted by Gasteiger charge is -2.18. The number of amides is 1. The van der Waals surface area contributed by atoms with Crippen LogP contribution in [0.1, 0.15) is 18.9 Å².